The second kappa shape index (κ2) is 2.27. The van der Waals surface area contributed by atoms with Crippen LogP contribution in [0.15, 0.2) is 0 Å². The monoisotopic (exact) mass is 130 g/mol. The van der Waals surface area contributed by atoms with Crippen LogP contribution in [0.3, 0.4) is 0 Å². The van der Waals surface area contributed by atoms with E-state index in [1.54, 1.807) is 0 Å². The van der Waals surface area contributed by atoms with E-state index in [9.17, 15) is 5.11 Å². The van der Waals surface area contributed by atoms with Crippen LogP contribution < -0.4 is 0 Å². The van der Waals surface area contributed by atoms with Crippen LogP contribution >= 0.6 is 0 Å². The van der Waals surface area contributed by atoms with E-state index < -0.39 is 5.60 Å². The lowest BCUT2D eigenvalue weighted by molar-refractivity contribution is 0.0393. The first-order chi connectivity index (χ1) is 4.14. The third-order valence-corrected chi connectivity index (χ3v) is 1.83. The molecule has 0 aromatic rings. The zero-order valence-corrected chi connectivity index (χ0v) is 6.05. The van der Waals surface area contributed by atoms with E-state index in [2.05, 4.69) is 0 Å². The van der Waals surface area contributed by atoms with Crippen molar-refractivity contribution in [2.45, 2.75) is 38.4 Å². The third kappa shape index (κ3) is 2.33. The van der Waals surface area contributed by atoms with Crippen LogP contribution in [-0.4, -0.2) is 23.4 Å². The summed E-state index contributed by atoms with van der Waals surface area (Å²) in [7, 11) is 0. The second-order valence-electron chi connectivity index (χ2n) is 3.01. The molecule has 1 N–H and O–H groups in total. The molecular weight excluding hydrogens is 116 g/mol. The van der Waals surface area contributed by atoms with E-state index in [0.29, 0.717) is 6.10 Å². The van der Waals surface area contributed by atoms with E-state index in [4.69, 9.17) is 4.74 Å². The van der Waals surface area contributed by atoms with Gasteiger partial charge in [-0.2, -0.15) is 0 Å². The molecule has 0 radical (unpaired) electrons. The maximum absolute atomic E-state index is 9.45. The SMILES string of the molecule is CCC(C)(O)CC1CO1. The van der Waals surface area contributed by atoms with E-state index in [1.807, 2.05) is 13.8 Å². The van der Waals surface area contributed by atoms with E-state index in [-0.39, 0.29) is 0 Å². The number of rotatable bonds is 3. The quantitative estimate of drug-likeness (QED) is 0.576. The van der Waals surface area contributed by atoms with Crippen LogP contribution in [0.5, 0.6) is 0 Å². The van der Waals surface area contributed by atoms with Crippen molar-refractivity contribution in [3.05, 3.63) is 0 Å². The molecule has 0 spiro atoms. The summed E-state index contributed by atoms with van der Waals surface area (Å²) in [5.41, 5.74) is -0.499. The van der Waals surface area contributed by atoms with E-state index in [1.165, 1.54) is 0 Å². The molecule has 54 valence electrons. The molecule has 1 aliphatic heterocycles. The maximum atomic E-state index is 9.45. The van der Waals surface area contributed by atoms with Gasteiger partial charge in [0.05, 0.1) is 18.3 Å². The fraction of sp³-hybridized carbons (Fsp3) is 1.00. The van der Waals surface area contributed by atoms with Gasteiger partial charge in [-0.25, -0.2) is 0 Å². The summed E-state index contributed by atoms with van der Waals surface area (Å²) in [4.78, 5) is 0. The van der Waals surface area contributed by atoms with Gasteiger partial charge in [-0.1, -0.05) is 6.92 Å². The Bertz CT molecular complexity index is 95.1. The Morgan fingerprint density at radius 3 is 2.67 bits per heavy atom. The summed E-state index contributed by atoms with van der Waals surface area (Å²) >= 11 is 0. The Morgan fingerprint density at radius 1 is 1.78 bits per heavy atom. The smallest absolute Gasteiger partial charge is 0.0837 e. The highest BCUT2D eigenvalue weighted by molar-refractivity contribution is 4.81. The van der Waals surface area contributed by atoms with Crippen molar-refractivity contribution in [1.82, 2.24) is 0 Å². The topological polar surface area (TPSA) is 32.8 Å². The normalized spacial score (nSPS) is 31.7. The Kier molecular flexibility index (Phi) is 1.78. The minimum Gasteiger partial charge on any atom is -0.390 e. The molecule has 0 amide bonds. The molecular formula is C7H14O2. The molecule has 2 nitrogen and oxygen atoms in total. The Balaban J connectivity index is 2.21. The number of hydrogen-bond acceptors (Lipinski definition) is 2. The van der Waals surface area contributed by atoms with Gasteiger partial charge in [-0.05, 0) is 13.3 Å². The first-order valence-corrected chi connectivity index (χ1v) is 3.48. The molecule has 0 aliphatic carbocycles. The summed E-state index contributed by atoms with van der Waals surface area (Å²) in [6.45, 7) is 4.69. The van der Waals surface area contributed by atoms with Crippen molar-refractivity contribution < 1.29 is 9.84 Å². The van der Waals surface area contributed by atoms with Gasteiger partial charge in [0.25, 0.3) is 0 Å². The summed E-state index contributed by atoms with van der Waals surface area (Å²) in [6, 6.07) is 0. The summed E-state index contributed by atoms with van der Waals surface area (Å²) < 4.78 is 4.99. The summed E-state index contributed by atoms with van der Waals surface area (Å²) in [5, 5.41) is 9.45. The van der Waals surface area contributed by atoms with Crippen molar-refractivity contribution in [2.75, 3.05) is 6.61 Å². The largest absolute Gasteiger partial charge is 0.390 e. The number of ether oxygens (including phenoxy) is 1. The fourth-order valence-electron chi connectivity index (χ4n) is 0.821. The molecule has 1 rings (SSSR count). The van der Waals surface area contributed by atoms with Crippen molar-refractivity contribution in [3.8, 4) is 0 Å². The molecule has 9 heavy (non-hydrogen) atoms. The second-order valence-corrected chi connectivity index (χ2v) is 3.01. The lowest BCUT2D eigenvalue weighted by Crippen LogP contribution is -2.24. The molecule has 1 saturated heterocycles. The predicted molar refractivity (Wildman–Crippen MR) is 35.3 cm³/mol. The van der Waals surface area contributed by atoms with Crippen LogP contribution in [-0.2, 0) is 4.74 Å². The highest BCUT2D eigenvalue weighted by Crippen LogP contribution is 2.24. The first kappa shape index (κ1) is 7.03. The molecule has 0 saturated carbocycles. The van der Waals surface area contributed by atoms with Crippen molar-refractivity contribution in [3.63, 3.8) is 0 Å². The minimum absolute atomic E-state index is 0.347. The number of epoxide rings is 1. The molecule has 1 fully saturated rings. The van der Waals surface area contributed by atoms with Crippen LogP contribution in [0.1, 0.15) is 26.7 Å². The molecule has 2 atom stereocenters. The fourth-order valence-corrected chi connectivity index (χ4v) is 0.821. The van der Waals surface area contributed by atoms with E-state index in [0.717, 1.165) is 19.4 Å². The lowest BCUT2D eigenvalue weighted by Gasteiger charge is -2.19. The molecule has 2 heteroatoms. The Labute approximate surface area is 55.8 Å². The average molecular weight is 130 g/mol. The maximum Gasteiger partial charge on any atom is 0.0837 e. The van der Waals surface area contributed by atoms with Gasteiger partial charge in [0.15, 0.2) is 0 Å². The molecule has 0 aromatic heterocycles. The lowest BCUT2D eigenvalue weighted by atomic mass is 9.98. The Morgan fingerprint density at radius 2 is 2.33 bits per heavy atom. The first-order valence-electron chi connectivity index (χ1n) is 3.48. The van der Waals surface area contributed by atoms with Crippen molar-refractivity contribution >= 4 is 0 Å². The van der Waals surface area contributed by atoms with E-state index >= 15 is 0 Å². The van der Waals surface area contributed by atoms with Crippen LogP contribution in [0, 0.1) is 0 Å². The Hall–Kier alpha value is -0.0800. The summed E-state index contributed by atoms with van der Waals surface area (Å²) in [5.74, 6) is 0. The van der Waals surface area contributed by atoms with Gasteiger partial charge in [-0.3, -0.25) is 0 Å². The van der Waals surface area contributed by atoms with Crippen LogP contribution in [0.4, 0.5) is 0 Å². The van der Waals surface area contributed by atoms with Gasteiger partial charge in [-0.15, -0.1) is 0 Å². The average Bonchev–Trinajstić information content (AvgIpc) is 2.50. The highest BCUT2D eigenvalue weighted by Gasteiger charge is 2.31. The van der Waals surface area contributed by atoms with Gasteiger partial charge in [0.1, 0.15) is 0 Å². The van der Waals surface area contributed by atoms with Gasteiger partial charge < -0.3 is 9.84 Å². The van der Waals surface area contributed by atoms with Crippen molar-refractivity contribution in [1.29, 1.82) is 0 Å². The van der Waals surface area contributed by atoms with Gasteiger partial charge in [0, 0.05) is 6.42 Å². The number of aliphatic hydroxyl groups is 1. The standard InChI is InChI=1S/C7H14O2/c1-3-7(2,8)4-6-5-9-6/h6,8H,3-5H2,1-2H3. The zero-order valence-electron chi connectivity index (χ0n) is 6.05. The number of hydrogen-bond donors (Lipinski definition) is 1. The molecule has 0 aromatic carbocycles. The van der Waals surface area contributed by atoms with Crippen molar-refractivity contribution in [2.24, 2.45) is 0 Å². The molecule has 1 aliphatic rings. The highest BCUT2D eigenvalue weighted by atomic mass is 16.6. The van der Waals surface area contributed by atoms with Gasteiger partial charge in [0.2, 0.25) is 0 Å². The predicted octanol–water partition coefficient (Wildman–Crippen LogP) is 0.936. The summed E-state index contributed by atoms with van der Waals surface area (Å²) in [6.07, 6.45) is 1.95. The van der Waals surface area contributed by atoms with Crippen LogP contribution in [0.25, 0.3) is 0 Å². The van der Waals surface area contributed by atoms with Gasteiger partial charge >= 0.3 is 0 Å². The third-order valence-electron chi connectivity index (χ3n) is 1.83. The zero-order chi connectivity index (χ0) is 6.91. The van der Waals surface area contributed by atoms with Crippen LogP contribution in [0.2, 0.25) is 0 Å². The molecule has 0 bridgehead atoms. The molecule has 2 unspecified atom stereocenters. The molecule has 1 heterocycles. The minimum atomic E-state index is -0.499.